The van der Waals surface area contributed by atoms with Crippen molar-refractivity contribution >= 4 is 0 Å². The molecule has 50 valence electrons. The van der Waals surface area contributed by atoms with Gasteiger partial charge in [0.1, 0.15) is 0 Å². The number of allylic oxidation sites excluding steroid dienone is 2. The van der Waals surface area contributed by atoms with Crippen LogP contribution in [0.2, 0.25) is 0 Å². The van der Waals surface area contributed by atoms with E-state index in [0.29, 0.717) is 0 Å². The zero-order valence-corrected chi connectivity index (χ0v) is 6.06. The lowest BCUT2D eigenvalue weighted by Crippen LogP contribution is -2.27. The highest BCUT2D eigenvalue weighted by atomic mass is 14.4. The molecule has 1 saturated carbocycles. The van der Waals surface area contributed by atoms with Gasteiger partial charge in [-0.2, -0.15) is 0 Å². The molecule has 0 amide bonds. The van der Waals surface area contributed by atoms with Gasteiger partial charge >= 0.3 is 0 Å². The molecular weight excluding hydrogens is 108 g/mol. The Labute approximate surface area is 57.0 Å². The number of rotatable bonds is 0. The molecule has 0 spiro atoms. The first-order valence-corrected chi connectivity index (χ1v) is 4.02. The van der Waals surface area contributed by atoms with Crippen molar-refractivity contribution in [1.29, 1.82) is 0 Å². The Morgan fingerprint density at radius 2 is 2.11 bits per heavy atom. The molecular formula is C9H14. The minimum atomic E-state index is 1.09. The van der Waals surface area contributed by atoms with E-state index in [2.05, 4.69) is 13.0 Å². The summed E-state index contributed by atoms with van der Waals surface area (Å²) in [7, 11) is 0. The van der Waals surface area contributed by atoms with Gasteiger partial charge in [0.15, 0.2) is 0 Å². The average molecular weight is 122 g/mol. The first-order chi connectivity index (χ1) is 4.36. The third-order valence-electron chi connectivity index (χ3n) is 2.93. The average Bonchev–Trinajstić information content (AvgIpc) is 1.78. The van der Waals surface area contributed by atoms with Crippen LogP contribution in [-0.4, -0.2) is 0 Å². The van der Waals surface area contributed by atoms with Crippen LogP contribution in [0.4, 0.5) is 0 Å². The molecule has 0 aromatic carbocycles. The molecule has 1 fully saturated rings. The van der Waals surface area contributed by atoms with Gasteiger partial charge in [-0.15, -0.1) is 0 Å². The van der Waals surface area contributed by atoms with E-state index in [1.54, 1.807) is 5.57 Å². The zero-order chi connectivity index (χ0) is 6.27. The van der Waals surface area contributed by atoms with Crippen LogP contribution in [0, 0.1) is 11.8 Å². The maximum absolute atomic E-state index is 2.43. The Balaban J connectivity index is 2.07. The summed E-state index contributed by atoms with van der Waals surface area (Å²) in [5.41, 5.74) is 1.64. The Hall–Kier alpha value is -0.260. The SMILES string of the molecule is CC1=CCC2CCC2C1. The van der Waals surface area contributed by atoms with Crippen molar-refractivity contribution in [2.75, 3.05) is 0 Å². The number of hydrogen-bond acceptors (Lipinski definition) is 0. The molecule has 0 radical (unpaired) electrons. The van der Waals surface area contributed by atoms with Crippen molar-refractivity contribution in [3.05, 3.63) is 11.6 Å². The van der Waals surface area contributed by atoms with Gasteiger partial charge in [0, 0.05) is 0 Å². The Kier molecular flexibility index (Phi) is 1.14. The molecule has 0 heteroatoms. The predicted octanol–water partition coefficient (Wildman–Crippen LogP) is 2.75. The van der Waals surface area contributed by atoms with Crippen molar-refractivity contribution in [1.82, 2.24) is 0 Å². The van der Waals surface area contributed by atoms with Gasteiger partial charge in [-0.3, -0.25) is 0 Å². The molecule has 2 rings (SSSR count). The number of hydrogen-bond donors (Lipinski definition) is 0. The van der Waals surface area contributed by atoms with Crippen molar-refractivity contribution in [2.24, 2.45) is 11.8 Å². The van der Waals surface area contributed by atoms with E-state index in [9.17, 15) is 0 Å². The van der Waals surface area contributed by atoms with Crippen LogP contribution in [0.3, 0.4) is 0 Å². The van der Waals surface area contributed by atoms with Crippen LogP contribution in [0.25, 0.3) is 0 Å². The summed E-state index contributed by atoms with van der Waals surface area (Å²) in [5.74, 6) is 2.18. The summed E-state index contributed by atoms with van der Waals surface area (Å²) in [5, 5.41) is 0. The summed E-state index contributed by atoms with van der Waals surface area (Å²) in [4.78, 5) is 0. The standard InChI is InChI=1S/C9H14/c1-7-2-3-8-4-5-9(8)6-7/h2,8-9H,3-6H2,1H3. The van der Waals surface area contributed by atoms with Crippen LogP contribution in [0.1, 0.15) is 32.6 Å². The Bertz CT molecular complexity index is 144. The maximum atomic E-state index is 2.43. The van der Waals surface area contributed by atoms with E-state index in [0.717, 1.165) is 11.8 Å². The van der Waals surface area contributed by atoms with E-state index in [4.69, 9.17) is 0 Å². The van der Waals surface area contributed by atoms with E-state index in [1.165, 1.54) is 25.7 Å². The van der Waals surface area contributed by atoms with Crippen LogP contribution in [-0.2, 0) is 0 Å². The second-order valence-corrected chi connectivity index (χ2v) is 3.59. The third-order valence-corrected chi connectivity index (χ3v) is 2.93. The van der Waals surface area contributed by atoms with Gasteiger partial charge in [0.05, 0.1) is 0 Å². The van der Waals surface area contributed by atoms with Crippen LogP contribution >= 0.6 is 0 Å². The fourth-order valence-corrected chi connectivity index (χ4v) is 2.07. The molecule has 0 aromatic rings. The summed E-state index contributed by atoms with van der Waals surface area (Å²) in [6, 6.07) is 0. The van der Waals surface area contributed by atoms with Gasteiger partial charge in [-0.1, -0.05) is 11.6 Å². The van der Waals surface area contributed by atoms with Gasteiger partial charge in [-0.05, 0) is 44.4 Å². The highest BCUT2D eigenvalue weighted by Gasteiger charge is 2.31. The fraction of sp³-hybridized carbons (Fsp3) is 0.778. The molecule has 2 unspecified atom stereocenters. The Morgan fingerprint density at radius 1 is 1.33 bits per heavy atom. The topological polar surface area (TPSA) is 0 Å². The summed E-state index contributed by atoms with van der Waals surface area (Å²) in [6.45, 7) is 2.27. The molecule has 0 saturated heterocycles. The van der Waals surface area contributed by atoms with Gasteiger partial charge in [0.25, 0.3) is 0 Å². The molecule has 0 aromatic heterocycles. The molecule has 0 nitrogen and oxygen atoms in total. The first kappa shape index (κ1) is 5.52. The van der Waals surface area contributed by atoms with Crippen LogP contribution < -0.4 is 0 Å². The monoisotopic (exact) mass is 122 g/mol. The molecule has 0 aliphatic heterocycles. The Morgan fingerprint density at radius 3 is 2.56 bits per heavy atom. The van der Waals surface area contributed by atoms with Gasteiger partial charge in [0.2, 0.25) is 0 Å². The predicted molar refractivity (Wildman–Crippen MR) is 39.2 cm³/mol. The van der Waals surface area contributed by atoms with Crippen LogP contribution in [0.15, 0.2) is 11.6 Å². The second kappa shape index (κ2) is 1.86. The van der Waals surface area contributed by atoms with Crippen molar-refractivity contribution in [3.63, 3.8) is 0 Å². The zero-order valence-electron chi connectivity index (χ0n) is 6.06. The summed E-state index contributed by atoms with van der Waals surface area (Å²) >= 11 is 0. The van der Waals surface area contributed by atoms with Crippen molar-refractivity contribution in [2.45, 2.75) is 32.6 Å². The summed E-state index contributed by atoms with van der Waals surface area (Å²) in [6.07, 6.45) is 8.24. The van der Waals surface area contributed by atoms with E-state index >= 15 is 0 Å². The highest BCUT2D eigenvalue weighted by Crippen LogP contribution is 2.43. The molecule has 2 aliphatic carbocycles. The van der Waals surface area contributed by atoms with Crippen LogP contribution in [0.5, 0.6) is 0 Å². The molecule has 0 N–H and O–H groups in total. The van der Waals surface area contributed by atoms with Gasteiger partial charge in [-0.25, -0.2) is 0 Å². The fourth-order valence-electron chi connectivity index (χ4n) is 2.07. The maximum Gasteiger partial charge on any atom is -0.0292 e. The minimum Gasteiger partial charge on any atom is -0.0853 e. The first-order valence-electron chi connectivity index (χ1n) is 4.02. The van der Waals surface area contributed by atoms with E-state index < -0.39 is 0 Å². The molecule has 2 aliphatic rings. The summed E-state index contributed by atoms with van der Waals surface area (Å²) < 4.78 is 0. The quantitative estimate of drug-likeness (QED) is 0.433. The molecule has 2 atom stereocenters. The third kappa shape index (κ3) is 0.810. The lowest BCUT2D eigenvalue weighted by atomic mass is 9.66. The largest absolute Gasteiger partial charge is 0.0853 e. The molecule has 0 bridgehead atoms. The van der Waals surface area contributed by atoms with Crippen molar-refractivity contribution in [3.8, 4) is 0 Å². The molecule has 0 heterocycles. The highest BCUT2D eigenvalue weighted by molar-refractivity contribution is 5.08. The normalized spacial score (nSPS) is 40.8. The lowest BCUT2D eigenvalue weighted by molar-refractivity contribution is 0.167. The van der Waals surface area contributed by atoms with Crippen molar-refractivity contribution < 1.29 is 0 Å². The number of fused-ring (bicyclic) bond motifs is 1. The minimum absolute atomic E-state index is 1.09. The second-order valence-electron chi connectivity index (χ2n) is 3.59. The smallest absolute Gasteiger partial charge is 0.0292 e. The van der Waals surface area contributed by atoms with E-state index in [-0.39, 0.29) is 0 Å². The van der Waals surface area contributed by atoms with Gasteiger partial charge < -0.3 is 0 Å². The lowest BCUT2D eigenvalue weighted by Gasteiger charge is -2.39. The van der Waals surface area contributed by atoms with E-state index in [1.807, 2.05) is 0 Å². The molecule has 9 heavy (non-hydrogen) atoms.